The molecule has 0 aliphatic heterocycles. The van der Waals surface area contributed by atoms with Crippen LogP contribution in [-0.4, -0.2) is 31.2 Å². The summed E-state index contributed by atoms with van der Waals surface area (Å²) in [6, 6.07) is 27.5. The smallest absolute Gasteiger partial charge is 0.243 e. The Bertz CT molecular complexity index is 1060. The van der Waals surface area contributed by atoms with Crippen LogP contribution < -0.4 is 5.32 Å². The van der Waals surface area contributed by atoms with Gasteiger partial charge in [0.05, 0.1) is 11.4 Å². The van der Waals surface area contributed by atoms with Gasteiger partial charge in [-0.25, -0.2) is 8.42 Å². The van der Waals surface area contributed by atoms with Gasteiger partial charge in [-0.05, 0) is 43.0 Å². The van der Waals surface area contributed by atoms with E-state index in [-0.39, 0.29) is 29.9 Å². The van der Waals surface area contributed by atoms with Crippen molar-refractivity contribution in [3.8, 4) is 0 Å². The lowest BCUT2D eigenvalue weighted by atomic mass is 10.1. The Morgan fingerprint density at radius 2 is 1.35 bits per heavy atom. The van der Waals surface area contributed by atoms with E-state index in [0.717, 1.165) is 18.4 Å². The molecule has 5 nitrogen and oxygen atoms in total. The lowest BCUT2D eigenvalue weighted by Gasteiger charge is -2.23. The zero-order valence-electron chi connectivity index (χ0n) is 17.6. The zero-order chi connectivity index (χ0) is 22.1. The molecule has 0 spiro atoms. The van der Waals surface area contributed by atoms with Crippen molar-refractivity contribution < 1.29 is 13.2 Å². The molecule has 1 atom stereocenters. The molecule has 3 aromatic carbocycles. The molecule has 0 fully saturated rings. The van der Waals surface area contributed by atoms with Gasteiger partial charge in [0.2, 0.25) is 15.9 Å². The molecule has 31 heavy (non-hydrogen) atoms. The summed E-state index contributed by atoms with van der Waals surface area (Å²) in [5, 5.41) is 2.94. The van der Waals surface area contributed by atoms with Crippen LogP contribution in [0.25, 0.3) is 0 Å². The quantitative estimate of drug-likeness (QED) is 0.522. The monoisotopic (exact) mass is 436 g/mol. The molecule has 1 N–H and O–H groups in total. The second-order valence-electron chi connectivity index (χ2n) is 7.56. The maximum absolute atomic E-state index is 13.2. The highest BCUT2D eigenvalue weighted by molar-refractivity contribution is 7.89. The van der Waals surface area contributed by atoms with Crippen molar-refractivity contribution in [3.63, 3.8) is 0 Å². The number of sulfonamides is 1. The van der Waals surface area contributed by atoms with E-state index in [0.29, 0.717) is 0 Å². The molecule has 3 aromatic rings. The summed E-state index contributed by atoms with van der Waals surface area (Å²) in [7, 11) is -3.81. The minimum atomic E-state index is -3.81. The molecule has 0 aromatic heterocycles. The fourth-order valence-corrected chi connectivity index (χ4v) is 4.74. The lowest BCUT2D eigenvalue weighted by molar-refractivity contribution is -0.122. The molecule has 0 unspecified atom stereocenters. The van der Waals surface area contributed by atoms with Crippen molar-refractivity contribution in [2.75, 3.05) is 6.54 Å². The fraction of sp³-hybridized carbons (Fsp3) is 0.240. The first-order chi connectivity index (χ1) is 14.9. The van der Waals surface area contributed by atoms with Crippen molar-refractivity contribution in [3.05, 3.63) is 102 Å². The molecular weight excluding hydrogens is 408 g/mol. The third-order valence-electron chi connectivity index (χ3n) is 5.02. The summed E-state index contributed by atoms with van der Waals surface area (Å²) in [6.45, 7) is 1.83. The summed E-state index contributed by atoms with van der Waals surface area (Å²) < 4.78 is 27.7. The van der Waals surface area contributed by atoms with Gasteiger partial charge in [-0.3, -0.25) is 4.79 Å². The van der Waals surface area contributed by atoms with Crippen LogP contribution in [0.3, 0.4) is 0 Å². The number of rotatable bonds is 10. The van der Waals surface area contributed by atoms with E-state index >= 15 is 0 Å². The molecule has 162 valence electrons. The molecule has 3 rings (SSSR count). The topological polar surface area (TPSA) is 66.5 Å². The van der Waals surface area contributed by atoms with Crippen LogP contribution in [0.15, 0.2) is 95.9 Å². The summed E-state index contributed by atoms with van der Waals surface area (Å²) in [5.74, 6) is -0.309. The number of carbonyl (C=O) groups is 1. The number of nitrogens with one attached hydrogen (secondary N) is 1. The predicted octanol–water partition coefficient (Wildman–Crippen LogP) is 4.02. The van der Waals surface area contributed by atoms with Gasteiger partial charge >= 0.3 is 0 Å². The van der Waals surface area contributed by atoms with Gasteiger partial charge in [0.25, 0.3) is 0 Å². The number of hydrogen-bond acceptors (Lipinski definition) is 3. The number of carbonyl (C=O) groups excluding carboxylic acids is 1. The third kappa shape index (κ3) is 6.77. The Kier molecular flexibility index (Phi) is 7.98. The first kappa shape index (κ1) is 22.7. The Morgan fingerprint density at radius 3 is 1.94 bits per heavy atom. The van der Waals surface area contributed by atoms with E-state index in [1.54, 1.807) is 30.3 Å². The van der Waals surface area contributed by atoms with E-state index < -0.39 is 10.0 Å². The number of aryl methyl sites for hydroxylation is 1. The summed E-state index contributed by atoms with van der Waals surface area (Å²) in [4.78, 5) is 12.9. The van der Waals surface area contributed by atoms with E-state index in [4.69, 9.17) is 0 Å². The van der Waals surface area contributed by atoms with Crippen LogP contribution in [0.2, 0.25) is 0 Å². The molecule has 0 saturated heterocycles. The highest BCUT2D eigenvalue weighted by Gasteiger charge is 2.27. The van der Waals surface area contributed by atoms with Crippen LogP contribution in [0, 0.1) is 0 Å². The first-order valence-corrected chi connectivity index (χ1v) is 11.8. The molecule has 6 heteroatoms. The third-order valence-corrected chi connectivity index (χ3v) is 6.82. The minimum Gasteiger partial charge on any atom is -0.352 e. The minimum absolute atomic E-state index is 0.0642. The zero-order valence-corrected chi connectivity index (χ0v) is 18.5. The van der Waals surface area contributed by atoms with Crippen LogP contribution in [0.5, 0.6) is 0 Å². The molecule has 0 heterocycles. The van der Waals surface area contributed by atoms with Gasteiger partial charge in [-0.15, -0.1) is 0 Å². The van der Waals surface area contributed by atoms with Crippen molar-refractivity contribution in [1.29, 1.82) is 0 Å². The summed E-state index contributed by atoms with van der Waals surface area (Å²) in [6.07, 6.45) is 1.62. The highest BCUT2D eigenvalue weighted by atomic mass is 32.2. The Labute approximate surface area is 184 Å². The highest BCUT2D eigenvalue weighted by Crippen LogP contribution is 2.18. The number of benzene rings is 3. The number of amides is 1. The lowest BCUT2D eigenvalue weighted by Crippen LogP contribution is -2.43. The first-order valence-electron chi connectivity index (χ1n) is 10.4. The van der Waals surface area contributed by atoms with Gasteiger partial charge in [0, 0.05) is 12.6 Å². The SMILES string of the molecule is C[C@H](CCc1ccccc1)NC(=O)CN(Cc1ccccc1)S(=O)(=O)c1ccccc1. The second kappa shape index (κ2) is 10.9. The predicted molar refractivity (Wildman–Crippen MR) is 123 cm³/mol. The average molecular weight is 437 g/mol. The molecular formula is C25H28N2O3S. The average Bonchev–Trinajstić information content (AvgIpc) is 2.79. The Hall–Kier alpha value is -2.96. The van der Waals surface area contributed by atoms with Crippen LogP contribution in [-0.2, 0) is 27.8 Å². The summed E-state index contributed by atoms with van der Waals surface area (Å²) >= 11 is 0. The van der Waals surface area contributed by atoms with E-state index in [9.17, 15) is 13.2 Å². The fourth-order valence-electron chi connectivity index (χ4n) is 3.34. The molecule has 0 radical (unpaired) electrons. The standard InChI is InChI=1S/C25H28N2O3S/c1-21(17-18-22-11-5-2-6-12-22)26-25(28)20-27(19-23-13-7-3-8-14-23)31(29,30)24-15-9-4-10-16-24/h2-16,21H,17-20H2,1H3,(H,26,28)/t21-/m1/s1. The second-order valence-corrected chi connectivity index (χ2v) is 9.50. The molecule has 0 saturated carbocycles. The van der Waals surface area contributed by atoms with Crippen molar-refractivity contribution in [1.82, 2.24) is 9.62 Å². The van der Waals surface area contributed by atoms with Gasteiger partial charge in [-0.1, -0.05) is 78.9 Å². The Morgan fingerprint density at radius 1 is 0.839 bits per heavy atom. The van der Waals surface area contributed by atoms with Gasteiger partial charge < -0.3 is 5.32 Å². The van der Waals surface area contributed by atoms with Crippen molar-refractivity contribution >= 4 is 15.9 Å². The van der Waals surface area contributed by atoms with Crippen molar-refractivity contribution in [2.45, 2.75) is 37.2 Å². The van der Waals surface area contributed by atoms with Gasteiger partial charge in [0.15, 0.2) is 0 Å². The Balaban J connectivity index is 1.68. The van der Waals surface area contributed by atoms with Crippen LogP contribution >= 0.6 is 0 Å². The van der Waals surface area contributed by atoms with E-state index in [1.807, 2.05) is 55.5 Å². The molecule has 0 aliphatic rings. The largest absolute Gasteiger partial charge is 0.352 e. The normalized spacial score (nSPS) is 12.5. The summed E-state index contributed by atoms with van der Waals surface area (Å²) in [5.41, 5.74) is 2.04. The van der Waals surface area contributed by atoms with Crippen LogP contribution in [0.4, 0.5) is 0 Å². The van der Waals surface area contributed by atoms with Gasteiger partial charge in [0.1, 0.15) is 0 Å². The molecule has 0 bridgehead atoms. The van der Waals surface area contributed by atoms with Crippen LogP contribution in [0.1, 0.15) is 24.5 Å². The van der Waals surface area contributed by atoms with Gasteiger partial charge in [-0.2, -0.15) is 4.31 Å². The number of nitrogens with zero attached hydrogens (tertiary/aromatic N) is 1. The number of hydrogen-bond donors (Lipinski definition) is 1. The maximum Gasteiger partial charge on any atom is 0.243 e. The maximum atomic E-state index is 13.2. The van der Waals surface area contributed by atoms with E-state index in [1.165, 1.54) is 9.87 Å². The van der Waals surface area contributed by atoms with E-state index in [2.05, 4.69) is 17.4 Å². The molecule has 0 aliphatic carbocycles. The van der Waals surface area contributed by atoms with Crippen molar-refractivity contribution in [2.24, 2.45) is 0 Å². The molecule has 1 amide bonds.